The molecular weight excluding hydrogens is 552 g/mol. The molecule has 0 spiro atoms. The lowest BCUT2D eigenvalue weighted by Gasteiger charge is -2.18. The maximum atomic E-state index is 14.1. The molecule has 0 aliphatic heterocycles. The number of anilines is 1. The van der Waals surface area contributed by atoms with Gasteiger partial charge in [-0.2, -0.15) is 9.78 Å². The van der Waals surface area contributed by atoms with Crippen LogP contribution in [0.15, 0.2) is 46.1 Å². The van der Waals surface area contributed by atoms with E-state index in [0.717, 1.165) is 0 Å². The number of nitrogens with two attached hydrogens (primary N) is 1. The number of nitrogen functional groups attached to an aromatic ring is 1. The summed E-state index contributed by atoms with van der Waals surface area (Å²) in [6.07, 6.45) is 1.34. The normalized spacial score (nSPS) is 11.4. The van der Waals surface area contributed by atoms with Gasteiger partial charge in [0.25, 0.3) is 5.91 Å². The Kier molecular flexibility index (Phi) is 9.07. The van der Waals surface area contributed by atoms with Gasteiger partial charge in [0.1, 0.15) is 18.2 Å². The molecular formula is C24H24Cl2FN9O3. The predicted octanol–water partition coefficient (Wildman–Crippen LogP) is 3.86. The molecule has 0 unspecified atom stereocenters. The van der Waals surface area contributed by atoms with Crippen LogP contribution in [-0.2, 0) is 13.2 Å². The van der Waals surface area contributed by atoms with Crippen LogP contribution in [0.3, 0.4) is 0 Å². The van der Waals surface area contributed by atoms with Crippen LogP contribution in [0, 0.1) is 5.82 Å². The largest absolute Gasteiger partial charge is 0.488 e. The fourth-order valence-electron chi connectivity index (χ4n) is 3.57. The van der Waals surface area contributed by atoms with Crippen LogP contribution < -0.4 is 15.9 Å². The summed E-state index contributed by atoms with van der Waals surface area (Å²) in [5.41, 5.74) is 9.33. The Bertz CT molecular complexity index is 1470. The Morgan fingerprint density at radius 1 is 1.26 bits per heavy atom. The smallest absolute Gasteiger partial charge is 0.293 e. The van der Waals surface area contributed by atoms with Gasteiger partial charge >= 0.3 is 0 Å². The molecule has 0 atom stereocenters. The topological polar surface area (TPSA) is 150 Å². The third kappa shape index (κ3) is 6.50. The van der Waals surface area contributed by atoms with E-state index in [4.69, 9.17) is 33.7 Å². The van der Waals surface area contributed by atoms with Gasteiger partial charge in [0, 0.05) is 22.7 Å². The minimum Gasteiger partial charge on any atom is -0.488 e. The molecule has 0 bridgehead atoms. The van der Waals surface area contributed by atoms with Crippen LogP contribution in [0.25, 0.3) is 5.82 Å². The van der Waals surface area contributed by atoms with Crippen molar-refractivity contribution < 1.29 is 18.6 Å². The van der Waals surface area contributed by atoms with Crippen molar-refractivity contribution in [2.45, 2.75) is 27.0 Å². The Morgan fingerprint density at radius 2 is 2.05 bits per heavy atom. The molecule has 12 nitrogen and oxygen atoms in total. The minimum atomic E-state index is -0.627. The molecule has 4 rings (SSSR count). The highest BCUT2D eigenvalue weighted by Gasteiger charge is 2.25. The van der Waals surface area contributed by atoms with Crippen LogP contribution in [0.4, 0.5) is 10.2 Å². The number of carbonyl (C=O) groups excluding carboxylic acids is 1. The molecule has 0 aliphatic rings. The summed E-state index contributed by atoms with van der Waals surface area (Å²) < 4.78 is 25.9. The quantitative estimate of drug-likeness (QED) is 0.200. The molecule has 2 heterocycles. The number of hydrazone groups is 1. The highest BCUT2D eigenvalue weighted by Crippen LogP contribution is 2.25. The summed E-state index contributed by atoms with van der Waals surface area (Å²) in [6.45, 7) is 5.59. The number of amides is 1. The number of rotatable bonds is 11. The van der Waals surface area contributed by atoms with Crippen molar-refractivity contribution in [3.63, 3.8) is 0 Å². The number of carbonyl (C=O) groups is 1. The van der Waals surface area contributed by atoms with Gasteiger partial charge in [-0.3, -0.25) is 9.69 Å². The fraction of sp³-hybridized carbons (Fsp3) is 0.250. The number of aromatic nitrogens is 5. The van der Waals surface area contributed by atoms with E-state index in [9.17, 15) is 9.18 Å². The summed E-state index contributed by atoms with van der Waals surface area (Å²) in [7, 11) is 0. The van der Waals surface area contributed by atoms with Crippen LogP contribution in [-0.4, -0.2) is 55.4 Å². The number of nitrogens with one attached hydrogen (secondary N) is 1. The zero-order chi connectivity index (χ0) is 27.9. The lowest BCUT2D eigenvalue weighted by molar-refractivity contribution is 0.0948. The highest BCUT2D eigenvalue weighted by molar-refractivity contribution is 6.31. The molecule has 0 saturated heterocycles. The molecule has 2 aromatic carbocycles. The molecule has 39 heavy (non-hydrogen) atoms. The number of nitrogens with zero attached hydrogens (tertiary/aromatic N) is 7. The first kappa shape index (κ1) is 28.0. The van der Waals surface area contributed by atoms with Crippen molar-refractivity contribution in [1.82, 2.24) is 35.6 Å². The van der Waals surface area contributed by atoms with E-state index in [2.05, 4.69) is 40.7 Å². The second-order valence-electron chi connectivity index (χ2n) is 8.10. The van der Waals surface area contributed by atoms with E-state index in [1.807, 2.05) is 13.8 Å². The van der Waals surface area contributed by atoms with Crippen LogP contribution in [0.1, 0.15) is 41.2 Å². The molecule has 2 aromatic heterocycles. The number of benzene rings is 2. The predicted molar refractivity (Wildman–Crippen MR) is 143 cm³/mol. The van der Waals surface area contributed by atoms with Crippen LogP contribution in [0.5, 0.6) is 5.75 Å². The number of ether oxygens (including phenoxy) is 1. The van der Waals surface area contributed by atoms with Crippen molar-refractivity contribution in [2.24, 2.45) is 5.10 Å². The first-order valence-electron chi connectivity index (χ1n) is 11.8. The van der Waals surface area contributed by atoms with E-state index in [0.29, 0.717) is 41.7 Å². The monoisotopic (exact) mass is 575 g/mol. The van der Waals surface area contributed by atoms with Crippen LogP contribution in [0.2, 0.25) is 10.0 Å². The van der Waals surface area contributed by atoms with E-state index in [1.54, 1.807) is 24.3 Å². The molecule has 0 aliphatic carbocycles. The summed E-state index contributed by atoms with van der Waals surface area (Å²) in [4.78, 5) is 15.1. The second kappa shape index (κ2) is 12.7. The van der Waals surface area contributed by atoms with Gasteiger partial charge in [0.2, 0.25) is 11.6 Å². The van der Waals surface area contributed by atoms with E-state index >= 15 is 0 Å². The summed E-state index contributed by atoms with van der Waals surface area (Å²) >= 11 is 12.2. The Labute approximate surface area is 232 Å². The minimum absolute atomic E-state index is 0.00386. The Balaban J connectivity index is 1.54. The SMILES string of the molecule is CCN(CC)Cc1c(C(=O)NN=Cc2cc(Cl)ccc2OCc2c(F)cccc2Cl)nnn1-c1nonc1N. The van der Waals surface area contributed by atoms with Gasteiger partial charge in [0.05, 0.1) is 16.9 Å². The molecule has 0 saturated carbocycles. The third-order valence-corrected chi connectivity index (χ3v) is 6.31. The zero-order valence-corrected chi connectivity index (χ0v) is 22.4. The van der Waals surface area contributed by atoms with Crippen molar-refractivity contribution in [3.8, 4) is 11.6 Å². The molecule has 3 N–H and O–H groups in total. The lowest BCUT2D eigenvalue weighted by Crippen LogP contribution is -2.27. The van der Waals surface area contributed by atoms with Crippen molar-refractivity contribution in [2.75, 3.05) is 18.8 Å². The summed E-state index contributed by atoms with van der Waals surface area (Å²) in [5.74, 6) is -0.661. The van der Waals surface area contributed by atoms with Gasteiger partial charge in [-0.25, -0.2) is 14.4 Å². The molecule has 4 aromatic rings. The number of hydrogen-bond acceptors (Lipinski definition) is 10. The van der Waals surface area contributed by atoms with Gasteiger partial charge in [-0.15, -0.1) is 5.10 Å². The first-order chi connectivity index (χ1) is 18.8. The first-order valence-corrected chi connectivity index (χ1v) is 12.5. The average Bonchev–Trinajstić information content (AvgIpc) is 3.53. The van der Waals surface area contributed by atoms with Gasteiger partial charge in [0.15, 0.2) is 5.69 Å². The van der Waals surface area contributed by atoms with Gasteiger partial charge in [-0.05, 0) is 53.7 Å². The lowest BCUT2D eigenvalue weighted by atomic mass is 10.2. The number of hydrogen-bond donors (Lipinski definition) is 2. The van der Waals surface area contributed by atoms with E-state index in [1.165, 1.54) is 23.0 Å². The summed E-state index contributed by atoms with van der Waals surface area (Å²) in [6, 6.07) is 9.16. The Morgan fingerprint density at radius 3 is 2.74 bits per heavy atom. The summed E-state index contributed by atoms with van der Waals surface area (Å²) in [5, 5.41) is 20.0. The Hall–Kier alpha value is -4.07. The van der Waals surface area contributed by atoms with Crippen molar-refractivity contribution >= 4 is 41.1 Å². The van der Waals surface area contributed by atoms with Crippen LogP contribution >= 0.6 is 23.2 Å². The standard InChI is InChI=1S/C24H24Cl2FN9O3/c1-3-35(4-2)12-19-21(30-34-36(19)23-22(28)32-39-33-23)24(37)31-29-11-14-10-15(25)8-9-20(14)38-13-16-17(26)6-5-7-18(16)27/h5-11H,3-4,12-13H2,1-2H3,(H2,28,32)(H,31,37). The maximum Gasteiger partial charge on any atom is 0.293 e. The van der Waals surface area contributed by atoms with Gasteiger partial charge in [-0.1, -0.05) is 48.3 Å². The molecule has 15 heteroatoms. The second-order valence-corrected chi connectivity index (χ2v) is 8.94. The van der Waals surface area contributed by atoms with E-state index in [-0.39, 0.29) is 34.5 Å². The van der Waals surface area contributed by atoms with Crippen molar-refractivity contribution in [3.05, 3.63) is 74.8 Å². The highest BCUT2D eigenvalue weighted by atomic mass is 35.5. The zero-order valence-electron chi connectivity index (χ0n) is 20.9. The van der Waals surface area contributed by atoms with E-state index < -0.39 is 11.7 Å². The molecule has 204 valence electrons. The molecule has 1 amide bonds. The van der Waals surface area contributed by atoms with Crippen molar-refractivity contribution in [1.29, 1.82) is 0 Å². The molecule has 0 fully saturated rings. The third-order valence-electron chi connectivity index (χ3n) is 5.72. The number of halogens is 3. The van der Waals surface area contributed by atoms with Gasteiger partial charge < -0.3 is 10.5 Å². The fourth-order valence-corrected chi connectivity index (χ4v) is 3.97. The maximum absolute atomic E-state index is 14.1. The molecule has 0 radical (unpaired) electrons. The average molecular weight is 576 g/mol.